The zero-order valence-corrected chi connectivity index (χ0v) is 10.8. The molecule has 0 spiro atoms. The molecule has 0 saturated heterocycles. The molecule has 0 atom stereocenters. The van der Waals surface area contributed by atoms with Gasteiger partial charge in [0.2, 0.25) is 6.29 Å². The first-order valence-corrected chi connectivity index (χ1v) is 5.62. The Morgan fingerprint density at radius 3 is 1.81 bits per heavy atom. The Hall–Kier alpha value is -0.740. The Kier molecular flexibility index (Phi) is 6.45. The summed E-state index contributed by atoms with van der Waals surface area (Å²) >= 11 is 0. The summed E-state index contributed by atoms with van der Waals surface area (Å²) in [4.78, 5) is 23.4. The maximum absolute atomic E-state index is 11.7. The minimum Gasteiger partial charge on any atom is -0.346 e. The lowest BCUT2D eigenvalue weighted by Gasteiger charge is -2.19. The van der Waals surface area contributed by atoms with Gasteiger partial charge in [0.05, 0.1) is 6.42 Å². The number of rotatable bonds is 7. The Morgan fingerprint density at radius 1 is 1.06 bits per heavy atom. The maximum Gasteiger partial charge on any atom is 0.218 e. The fourth-order valence-electron chi connectivity index (χ4n) is 1.04. The highest BCUT2D eigenvalue weighted by molar-refractivity contribution is 6.02. The van der Waals surface area contributed by atoms with Gasteiger partial charge in [-0.3, -0.25) is 9.59 Å². The summed E-state index contributed by atoms with van der Waals surface area (Å²) in [5.74, 6) is -0.398. The van der Waals surface area contributed by atoms with Crippen LogP contribution in [0.5, 0.6) is 0 Å². The second kappa shape index (κ2) is 6.76. The number of carbonyl (C=O) groups excluding carboxylic acids is 2. The van der Waals surface area contributed by atoms with Crippen molar-refractivity contribution in [3.05, 3.63) is 0 Å². The van der Waals surface area contributed by atoms with Gasteiger partial charge in [-0.05, 0) is 13.8 Å². The highest BCUT2D eigenvalue weighted by Gasteiger charge is 2.28. The van der Waals surface area contributed by atoms with E-state index >= 15 is 0 Å². The molecule has 0 bridgehead atoms. The topological polar surface area (TPSA) is 52.6 Å². The number of ether oxygens (including phenoxy) is 2. The van der Waals surface area contributed by atoms with Crippen LogP contribution in [-0.4, -0.2) is 31.1 Å². The van der Waals surface area contributed by atoms with Crippen molar-refractivity contribution >= 4 is 11.6 Å². The third-order valence-corrected chi connectivity index (χ3v) is 2.07. The zero-order valence-electron chi connectivity index (χ0n) is 10.8. The standard InChI is InChI=1S/C12H22O4/c1-6-15-11(16-7-2)9(13)8-10(14)12(3,4)5/h11H,6-8H2,1-5H3. The molecule has 16 heavy (non-hydrogen) atoms. The Balaban J connectivity index is 4.35. The largest absolute Gasteiger partial charge is 0.346 e. The van der Waals surface area contributed by atoms with Crippen LogP contribution in [-0.2, 0) is 19.1 Å². The van der Waals surface area contributed by atoms with Gasteiger partial charge in [0.1, 0.15) is 5.78 Å². The van der Waals surface area contributed by atoms with Crippen molar-refractivity contribution in [2.75, 3.05) is 13.2 Å². The smallest absolute Gasteiger partial charge is 0.218 e. The molecule has 0 saturated carbocycles. The first-order valence-electron chi connectivity index (χ1n) is 5.62. The summed E-state index contributed by atoms with van der Waals surface area (Å²) in [7, 11) is 0. The van der Waals surface area contributed by atoms with Crippen molar-refractivity contribution in [2.45, 2.75) is 47.3 Å². The molecule has 0 aromatic rings. The van der Waals surface area contributed by atoms with E-state index in [1.807, 2.05) is 0 Å². The molecule has 4 nitrogen and oxygen atoms in total. The third kappa shape index (κ3) is 5.37. The van der Waals surface area contributed by atoms with Crippen LogP contribution in [0.15, 0.2) is 0 Å². The van der Waals surface area contributed by atoms with Gasteiger partial charge in [0.15, 0.2) is 5.78 Å². The minimum absolute atomic E-state index is 0.0955. The number of ketones is 2. The van der Waals surface area contributed by atoms with Gasteiger partial charge in [-0.2, -0.15) is 0 Å². The first kappa shape index (κ1) is 15.3. The molecular formula is C12H22O4. The Morgan fingerprint density at radius 2 is 1.50 bits per heavy atom. The second-order valence-electron chi connectivity index (χ2n) is 4.56. The SMILES string of the molecule is CCOC(OCC)C(=O)CC(=O)C(C)(C)C. The minimum atomic E-state index is -0.902. The van der Waals surface area contributed by atoms with Crippen LogP contribution < -0.4 is 0 Å². The molecule has 4 heteroatoms. The summed E-state index contributed by atoms with van der Waals surface area (Å²) in [6, 6.07) is 0. The van der Waals surface area contributed by atoms with E-state index in [2.05, 4.69) is 0 Å². The van der Waals surface area contributed by atoms with Gasteiger partial charge in [-0.1, -0.05) is 20.8 Å². The molecule has 0 aromatic heterocycles. The van der Waals surface area contributed by atoms with Crippen molar-refractivity contribution in [2.24, 2.45) is 5.41 Å². The summed E-state index contributed by atoms with van der Waals surface area (Å²) in [5, 5.41) is 0. The molecule has 0 fully saturated rings. The molecular weight excluding hydrogens is 208 g/mol. The Bertz CT molecular complexity index is 234. The van der Waals surface area contributed by atoms with E-state index in [1.54, 1.807) is 34.6 Å². The molecule has 0 aliphatic carbocycles. The Labute approximate surface area is 97.3 Å². The number of Topliss-reactive ketones (excluding diaryl/α,β-unsaturated/α-hetero) is 2. The average molecular weight is 230 g/mol. The quantitative estimate of drug-likeness (QED) is 0.495. The lowest BCUT2D eigenvalue weighted by Crippen LogP contribution is -2.32. The summed E-state index contributed by atoms with van der Waals surface area (Å²) in [5.41, 5.74) is -0.501. The van der Waals surface area contributed by atoms with Crippen LogP contribution in [0.3, 0.4) is 0 Å². The molecule has 0 N–H and O–H groups in total. The monoisotopic (exact) mass is 230 g/mol. The van der Waals surface area contributed by atoms with Crippen LogP contribution >= 0.6 is 0 Å². The summed E-state index contributed by atoms with van der Waals surface area (Å²) < 4.78 is 10.3. The van der Waals surface area contributed by atoms with Gasteiger partial charge in [0, 0.05) is 18.6 Å². The average Bonchev–Trinajstić information content (AvgIpc) is 2.15. The number of hydrogen-bond acceptors (Lipinski definition) is 4. The lowest BCUT2D eigenvalue weighted by molar-refractivity contribution is -0.169. The van der Waals surface area contributed by atoms with E-state index in [4.69, 9.17) is 9.47 Å². The van der Waals surface area contributed by atoms with E-state index in [0.29, 0.717) is 13.2 Å². The van der Waals surface area contributed by atoms with Crippen molar-refractivity contribution in [3.8, 4) is 0 Å². The molecule has 94 valence electrons. The summed E-state index contributed by atoms with van der Waals surface area (Å²) in [6.07, 6.45) is -1.03. The molecule has 0 aliphatic heterocycles. The van der Waals surface area contributed by atoms with E-state index in [9.17, 15) is 9.59 Å². The van der Waals surface area contributed by atoms with Gasteiger partial charge in [-0.25, -0.2) is 0 Å². The molecule has 0 radical (unpaired) electrons. The van der Waals surface area contributed by atoms with Gasteiger partial charge >= 0.3 is 0 Å². The van der Waals surface area contributed by atoms with Crippen LogP contribution in [0.2, 0.25) is 0 Å². The van der Waals surface area contributed by atoms with Crippen LogP contribution in [0, 0.1) is 5.41 Å². The van der Waals surface area contributed by atoms with E-state index in [0.717, 1.165) is 0 Å². The van der Waals surface area contributed by atoms with Crippen molar-refractivity contribution < 1.29 is 19.1 Å². The van der Waals surface area contributed by atoms with Crippen molar-refractivity contribution in [1.29, 1.82) is 0 Å². The number of hydrogen-bond donors (Lipinski definition) is 0. The lowest BCUT2D eigenvalue weighted by atomic mass is 9.88. The molecule has 0 amide bonds. The summed E-state index contributed by atoms with van der Waals surface area (Å²) in [6.45, 7) is 9.72. The number of carbonyl (C=O) groups is 2. The predicted octanol–water partition coefficient (Wildman–Crippen LogP) is 1.96. The normalized spacial score (nSPS) is 11.9. The first-order chi connectivity index (χ1) is 7.32. The fraction of sp³-hybridized carbons (Fsp3) is 0.833. The molecule has 0 heterocycles. The molecule has 0 aliphatic rings. The molecule has 0 rings (SSSR count). The van der Waals surface area contributed by atoms with E-state index < -0.39 is 11.7 Å². The van der Waals surface area contributed by atoms with Gasteiger partial charge < -0.3 is 9.47 Å². The zero-order chi connectivity index (χ0) is 12.8. The fourth-order valence-corrected chi connectivity index (χ4v) is 1.04. The van der Waals surface area contributed by atoms with Crippen LogP contribution in [0.25, 0.3) is 0 Å². The van der Waals surface area contributed by atoms with E-state index in [1.165, 1.54) is 0 Å². The molecule has 0 unspecified atom stereocenters. The van der Waals surface area contributed by atoms with Crippen molar-refractivity contribution in [1.82, 2.24) is 0 Å². The third-order valence-electron chi connectivity index (χ3n) is 2.07. The second-order valence-corrected chi connectivity index (χ2v) is 4.56. The van der Waals surface area contributed by atoms with Crippen LogP contribution in [0.4, 0.5) is 0 Å². The maximum atomic E-state index is 11.7. The van der Waals surface area contributed by atoms with E-state index in [-0.39, 0.29) is 18.0 Å². The van der Waals surface area contributed by atoms with Gasteiger partial charge in [0.25, 0.3) is 0 Å². The predicted molar refractivity (Wildman–Crippen MR) is 61.1 cm³/mol. The molecule has 0 aromatic carbocycles. The highest BCUT2D eigenvalue weighted by Crippen LogP contribution is 2.17. The van der Waals surface area contributed by atoms with Crippen LogP contribution in [0.1, 0.15) is 41.0 Å². The van der Waals surface area contributed by atoms with Gasteiger partial charge in [-0.15, -0.1) is 0 Å². The highest BCUT2D eigenvalue weighted by atomic mass is 16.7. The van der Waals surface area contributed by atoms with Crippen molar-refractivity contribution in [3.63, 3.8) is 0 Å².